The van der Waals surface area contributed by atoms with Gasteiger partial charge < -0.3 is 4.90 Å². The zero-order valence-corrected chi connectivity index (χ0v) is 8.11. The highest BCUT2D eigenvalue weighted by Gasteiger charge is 2.28. The van der Waals surface area contributed by atoms with Crippen molar-refractivity contribution in [2.24, 2.45) is 0 Å². The van der Waals surface area contributed by atoms with Crippen LogP contribution in [-0.2, 0) is 4.79 Å². The van der Waals surface area contributed by atoms with E-state index in [1.165, 1.54) is 31.4 Å². The molecule has 0 unspecified atom stereocenters. The lowest BCUT2D eigenvalue weighted by Gasteiger charge is -2.34. The first-order valence-corrected chi connectivity index (χ1v) is 5.90. The summed E-state index contributed by atoms with van der Waals surface area (Å²) in [6.07, 6.45) is 4.99. The normalized spacial score (nSPS) is 31.2. The number of nitrogens with zero attached hydrogens (tertiary/aromatic N) is 1. The van der Waals surface area contributed by atoms with Gasteiger partial charge in [0.05, 0.1) is 5.75 Å². The van der Waals surface area contributed by atoms with Crippen LogP contribution >= 0.6 is 11.8 Å². The van der Waals surface area contributed by atoms with Gasteiger partial charge in [-0.05, 0) is 31.4 Å². The van der Waals surface area contributed by atoms with E-state index in [-0.39, 0.29) is 0 Å². The Morgan fingerprint density at radius 2 is 2.25 bits per heavy atom. The number of rotatable bonds is 0. The zero-order chi connectivity index (χ0) is 8.39. The van der Waals surface area contributed by atoms with Crippen LogP contribution < -0.4 is 0 Å². The second-order valence-electron chi connectivity index (χ2n) is 3.58. The van der Waals surface area contributed by atoms with Crippen molar-refractivity contribution in [2.75, 3.05) is 18.1 Å². The molecule has 1 amide bonds. The van der Waals surface area contributed by atoms with E-state index in [4.69, 9.17) is 0 Å². The minimum Gasteiger partial charge on any atom is -0.339 e. The quantitative estimate of drug-likeness (QED) is 0.570. The van der Waals surface area contributed by atoms with Crippen LogP contribution in [0.4, 0.5) is 0 Å². The van der Waals surface area contributed by atoms with Gasteiger partial charge in [-0.1, -0.05) is 0 Å². The second-order valence-corrected chi connectivity index (χ2v) is 4.68. The molecule has 1 atom stereocenters. The zero-order valence-electron chi connectivity index (χ0n) is 7.29. The Hall–Kier alpha value is -0.180. The Kier molecular flexibility index (Phi) is 2.59. The molecule has 0 aliphatic carbocycles. The number of hydrogen-bond donors (Lipinski definition) is 0. The summed E-state index contributed by atoms with van der Waals surface area (Å²) in [6, 6.07) is 0.584. The highest BCUT2D eigenvalue weighted by molar-refractivity contribution is 7.99. The van der Waals surface area contributed by atoms with Gasteiger partial charge in [0.1, 0.15) is 0 Å². The second kappa shape index (κ2) is 3.69. The van der Waals surface area contributed by atoms with Gasteiger partial charge in [-0.15, -0.1) is 0 Å². The van der Waals surface area contributed by atoms with Gasteiger partial charge in [-0.3, -0.25) is 4.79 Å². The Bertz CT molecular complexity index is 183. The first kappa shape index (κ1) is 8.42. The van der Waals surface area contributed by atoms with Crippen molar-refractivity contribution in [1.29, 1.82) is 0 Å². The largest absolute Gasteiger partial charge is 0.339 e. The molecule has 0 aromatic carbocycles. The summed E-state index contributed by atoms with van der Waals surface area (Å²) >= 11 is 1.80. The van der Waals surface area contributed by atoms with Gasteiger partial charge in [0.15, 0.2) is 0 Å². The monoisotopic (exact) mass is 185 g/mol. The van der Waals surface area contributed by atoms with Crippen molar-refractivity contribution < 1.29 is 4.79 Å². The molecule has 0 aromatic rings. The van der Waals surface area contributed by atoms with Crippen LogP contribution in [0.2, 0.25) is 0 Å². The minimum absolute atomic E-state index is 0.377. The molecule has 0 aromatic heterocycles. The molecule has 2 aliphatic rings. The van der Waals surface area contributed by atoms with E-state index in [0.29, 0.717) is 11.9 Å². The Balaban J connectivity index is 2.06. The number of hydrogen-bond acceptors (Lipinski definition) is 2. The molecular weight excluding hydrogens is 170 g/mol. The number of carbonyl (C=O) groups is 1. The lowest BCUT2D eigenvalue weighted by Crippen LogP contribution is -2.43. The van der Waals surface area contributed by atoms with Crippen molar-refractivity contribution in [3.63, 3.8) is 0 Å². The fourth-order valence-corrected chi connectivity index (χ4v) is 3.01. The number of fused-ring (bicyclic) bond motifs is 1. The van der Waals surface area contributed by atoms with E-state index in [1.54, 1.807) is 11.8 Å². The molecule has 0 saturated carbocycles. The van der Waals surface area contributed by atoms with Crippen LogP contribution in [0.15, 0.2) is 0 Å². The van der Waals surface area contributed by atoms with Crippen molar-refractivity contribution in [2.45, 2.75) is 31.7 Å². The summed E-state index contributed by atoms with van der Waals surface area (Å²) in [5.41, 5.74) is 0. The minimum atomic E-state index is 0.377. The van der Waals surface area contributed by atoms with E-state index < -0.39 is 0 Å². The van der Waals surface area contributed by atoms with Gasteiger partial charge in [-0.2, -0.15) is 11.8 Å². The van der Waals surface area contributed by atoms with Crippen LogP contribution in [-0.4, -0.2) is 34.9 Å². The topological polar surface area (TPSA) is 20.3 Å². The summed E-state index contributed by atoms with van der Waals surface area (Å²) in [5, 5.41) is 0. The molecule has 2 rings (SSSR count). The van der Waals surface area contributed by atoms with Crippen LogP contribution in [0.5, 0.6) is 0 Å². The number of amides is 1. The maximum absolute atomic E-state index is 11.6. The lowest BCUT2D eigenvalue weighted by molar-refractivity contribution is -0.131. The van der Waals surface area contributed by atoms with Crippen molar-refractivity contribution in [1.82, 2.24) is 4.90 Å². The Morgan fingerprint density at radius 3 is 3.17 bits per heavy atom. The molecule has 0 bridgehead atoms. The molecule has 68 valence electrons. The SMILES string of the molecule is O=C1CSCC[C@@H]2CCCCN12. The predicted octanol–water partition coefficient (Wildman–Crippen LogP) is 1.50. The van der Waals surface area contributed by atoms with Gasteiger partial charge >= 0.3 is 0 Å². The summed E-state index contributed by atoms with van der Waals surface area (Å²) in [6.45, 7) is 1.02. The fraction of sp³-hybridized carbons (Fsp3) is 0.889. The molecule has 0 N–H and O–H groups in total. The van der Waals surface area contributed by atoms with Gasteiger partial charge in [0, 0.05) is 12.6 Å². The molecule has 2 nitrogen and oxygen atoms in total. The molecule has 3 heteroatoms. The van der Waals surface area contributed by atoms with Crippen molar-refractivity contribution in [3.8, 4) is 0 Å². The molecule has 2 saturated heterocycles. The van der Waals surface area contributed by atoms with Crippen LogP contribution in [0.3, 0.4) is 0 Å². The van der Waals surface area contributed by atoms with Crippen LogP contribution in [0, 0.1) is 0 Å². The Morgan fingerprint density at radius 1 is 1.33 bits per heavy atom. The van der Waals surface area contributed by atoms with Gasteiger partial charge in [0.25, 0.3) is 0 Å². The maximum atomic E-state index is 11.6. The number of carbonyl (C=O) groups excluding carboxylic acids is 1. The number of thioether (sulfide) groups is 1. The Labute approximate surface area is 77.7 Å². The average molecular weight is 185 g/mol. The highest BCUT2D eigenvalue weighted by Crippen LogP contribution is 2.25. The van der Waals surface area contributed by atoms with E-state index in [1.807, 2.05) is 0 Å². The third kappa shape index (κ3) is 1.60. The van der Waals surface area contributed by atoms with Crippen molar-refractivity contribution >= 4 is 17.7 Å². The molecule has 0 radical (unpaired) electrons. The van der Waals surface area contributed by atoms with E-state index in [9.17, 15) is 4.79 Å². The van der Waals surface area contributed by atoms with Gasteiger partial charge in [0.2, 0.25) is 5.91 Å². The molecule has 12 heavy (non-hydrogen) atoms. The molecule has 2 aliphatic heterocycles. The molecule has 0 spiro atoms. The maximum Gasteiger partial charge on any atom is 0.232 e. The summed E-state index contributed by atoms with van der Waals surface area (Å²) < 4.78 is 0. The van der Waals surface area contributed by atoms with Crippen LogP contribution in [0.1, 0.15) is 25.7 Å². The van der Waals surface area contributed by atoms with Crippen LogP contribution in [0.25, 0.3) is 0 Å². The lowest BCUT2D eigenvalue weighted by atomic mass is 10.0. The van der Waals surface area contributed by atoms with E-state index in [2.05, 4.69) is 4.90 Å². The number of piperidine rings is 1. The van der Waals surface area contributed by atoms with E-state index in [0.717, 1.165) is 12.3 Å². The third-order valence-corrected chi connectivity index (χ3v) is 3.74. The first-order valence-electron chi connectivity index (χ1n) is 4.75. The van der Waals surface area contributed by atoms with Gasteiger partial charge in [-0.25, -0.2) is 0 Å². The average Bonchev–Trinajstić information content (AvgIpc) is 2.29. The first-order chi connectivity index (χ1) is 5.88. The standard InChI is InChI=1S/C9H15NOS/c11-9-7-12-6-4-8-3-1-2-5-10(8)9/h8H,1-7H2/t8-/m0/s1. The van der Waals surface area contributed by atoms with Crippen molar-refractivity contribution in [3.05, 3.63) is 0 Å². The fourth-order valence-electron chi connectivity index (χ4n) is 2.09. The summed E-state index contributed by atoms with van der Waals surface area (Å²) in [5.74, 6) is 2.27. The summed E-state index contributed by atoms with van der Waals surface area (Å²) in [4.78, 5) is 13.7. The van der Waals surface area contributed by atoms with E-state index >= 15 is 0 Å². The molecule has 2 fully saturated rings. The summed E-state index contributed by atoms with van der Waals surface area (Å²) in [7, 11) is 0. The smallest absolute Gasteiger partial charge is 0.232 e. The predicted molar refractivity (Wildman–Crippen MR) is 51.3 cm³/mol. The highest BCUT2D eigenvalue weighted by atomic mass is 32.2. The molecule has 2 heterocycles. The third-order valence-electron chi connectivity index (χ3n) is 2.77. The molecular formula is C9H15NOS.